The molecule has 1 unspecified atom stereocenters. The van der Waals surface area contributed by atoms with Crippen LogP contribution in [0.2, 0.25) is 0 Å². The first-order valence-electron chi connectivity index (χ1n) is 7.02. The van der Waals surface area contributed by atoms with Gasteiger partial charge in [-0.1, -0.05) is 26.7 Å². The Hall–Kier alpha value is -0.290. The molecule has 0 amide bonds. The zero-order valence-corrected chi connectivity index (χ0v) is 13.9. The molecule has 1 fully saturated rings. The Morgan fingerprint density at radius 2 is 2.16 bits per heavy atom. The summed E-state index contributed by atoms with van der Waals surface area (Å²) in [6.45, 7) is 4.39. The van der Waals surface area contributed by atoms with Crippen LogP contribution >= 0.6 is 27.7 Å². The first kappa shape index (κ1) is 15.1. The normalized spacial score (nSPS) is 17.8. The van der Waals surface area contributed by atoms with Gasteiger partial charge in [0.2, 0.25) is 0 Å². The minimum Gasteiger partial charge on any atom is -0.309 e. The van der Waals surface area contributed by atoms with E-state index in [-0.39, 0.29) is 5.56 Å². The Balaban J connectivity index is 2.18. The van der Waals surface area contributed by atoms with Crippen molar-refractivity contribution in [1.82, 2.24) is 9.97 Å². The Morgan fingerprint density at radius 3 is 2.79 bits per heavy atom. The van der Waals surface area contributed by atoms with Crippen LogP contribution in [0.3, 0.4) is 0 Å². The van der Waals surface area contributed by atoms with Gasteiger partial charge in [0.1, 0.15) is 10.3 Å². The molecule has 106 valence electrons. The average molecular weight is 345 g/mol. The Kier molecular flexibility index (Phi) is 5.51. The molecular formula is C14H21BrN2OS. The van der Waals surface area contributed by atoms with E-state index in [9.17, 15) is 4.79 Å². The summed E-state index contributed by atoms with van der Waals surface area (Å²) in [5, 5.41) is 0.601. The second-order valence-electron chi connectivity index (χ2n) is 5.22. The molecule has 0 aromatic carbocycles. The molecule has 19 heavy (non-hydrogen) atoms. The summed E-state index contributed by atoms with van der Waals surface area (Å²) in [7, 11) is 0. The number of halogens is 1. The summed E-state index contributed by atoms with van der Waals surface area (Å²) >= 11 is 5.25. The number of aromatic amines is 1. The molecule has 2 rings (SSSR count). The lowest BCUT2D eigenvalue weighted by molar-refractivity contribution is 0.680. The molecule has 1 heterocycles. The highest BCUT2D eigenvalue weighted by atomic mass is 79.9. The quantitative estimate of drug-likeness (QED) is 0.869. The number of thioether (sulfide) groups is 1. The molecule has 0 radical (unpaired) electrons. The highest BCUT2D eigenvalue weighted by Crippen LogP contribution is 2.35. The molecule has 1 aromatic heterocycles. The third-order valence-corrected chi connectivity index (χ3v) is 5.87. The predicted octanol–water partition coefficient (Wildman–Crippen LogP) is 4.22. The fourth-order valence-electron chi connectivity index (χ4n) is 2.40. The van der Waals surface area contributed by atoms with Crippen LogP contribution < -0.4 is 5.56 Å². The minimum atomic E-state index is -0.0309. The Labute approximate surface area is 127 Å². The van der Waals surface area contributed by atoms with Crippen molar-refractivity contribution in [2.45, 2.75) is 62.9 Å². The fourth-order valence-corrected chi connectivity index (χ4v) is 3.73. The maximum atomic E-state index is 12.0. The maximum Gasteiger partial charge on any atom is 0.265 e. The summed E-state index contributed by atoms with van der Waals surface area (Å²) in [5.74, 6) is 2.07. The number of nitrogens with one attached hydrogen (secondary N) is 1. The minimum absolute atomic E-state index is 0.0309. The summed E-state index contributed by atoms with van der Waals surface area (Å²) in [6.07, 6.45) is 5.96. The van der Waals surface area contributed by atoms with Gasteiger partial charge in [-0.25, -0.2) is 4.98 Å². The first-order valence-corrected chi connectivity index (χ1v) is 8.86. The number of rotatable bonds is 5. The van der Waals surface area contributed by atoms with Crippen molar-refractivity contribution >= 4 is 27.7 Å². The van der Waals surface area contributed by atoms with Crippen molar-refractivity contribution in [3.8, 4) is 0 Å². The molecule has 1 aromatic rings. The SMILES string of the molecule is CCC(C)SCc1nc(C2CCCC2)c(Br)c(=O)[nH]1. The van der Waals surface area contributed by atoms with Crippen LogP contribution in [0.1, 0.15) is 63.4 Å². The molecule has 1 aliphatic carbocycles. The van der Waals surface area contributed by atoms with Crippen molar-refractivity contribution in [1.29, 1.82) is 0 Å². The van der Waals surface area contributed by atoms with Crippen LogP contribution in [0, 0.1) is 0 Å². The number of hydrogen-bond donors (Lipinski definition) is 1. The van der Waals surface area contributed by atoms with E-state index in [0.29, 0.717) is 15.6 Å². The average Bonchev–Trinajstić information content (AvgIpc) is 2.93. The lowest BCUT2D eigenvalue weighted by Gasteiger charge is -2.13. The number of aromatic nitrogens is 2. The van der Waals surface area contributed by atoms with Crippen LogP contribution in [0.15, 0.2) is 9.27 Å². The van der Waals surface area contributed by atoms with Crippen molar-refractivity contribution in [2.75, 3.05) is 0 Å². The standard InChI is InChI=1S/C14H21BrN2OS/c1-3-9(2)19-8-11-16-13(10-6-4-5-7-10)12(15)14(18)17-11/h9-10H,3-8H2,1-2H3,(H,16,17,18). The van der Waals surface area contributed by atoms with Crippen LogP contribution in [0.4, 0.5) is 0 Å². The Morgan fingerprint density at radius 1 is 1.47 bits per heavy atom. The number of nitrogens with zero attached hydrogens (tertiary/aromatic N) is 1. The second kappa shape index (κ2) is 6.93. The van der Waals surface area contributed by atoms with Gasteiger partial charge in [0.05, 0.1) is 11.4 Å². The highest BCUT2D eigenvalue weighted by Gasteiger charge is 2.23. The Bertz CT molecular complexity index is 483. The second-order valence-corrected chi connectivity index (χ2v) is 7.44. The summed E-state index contributed by atoms with van der Waals surface area (Å²) < 4.78 is 0.636. The molecule has 3 nitrogen and oxygen atoms in total. The molecule has 0 bridgehead atoms. The third-order valence-electron chi connectivity index (χ3n) is 3.76. The van der Waals surface area contributed by atoms with Gasteiger partial charge in [0.15, 0.2) is 0 Å². The summed E-state index contributed by atoms with van der Waals surface area (Å²) in [5.41, 5.74) is 0.942. The third kappa shape index (κ3) is 3.85. The van der Waals surface area contributed by atoms with E-state index in [1.54, 1.807) is 0 Å². The van der Waals surface area contributed by atoms with Gasteiger partial charge in [0.25, 0.3) is 5.56 Å². The first-order chi connectivity index (χ1) is 9.11. The van der Waals surface area contributed by atoms with Gasteiger partial charge in [-0.05, 0) is 35.2 Å². The number of hydrogen-bond acceptors (Lipinski definition) is 3. The van der Waals surface area contributed by atoms with Crippen molar-refractivity contribution in [3.05, 3.63) is 26.3 Å². The smallest absolute Gasteiger partial charge is 0.265 e. The molecule has 0 spiro atoms. The maximum absolute atomic E-state index is 12.0. The molecule has 0 saturated heterocycles. The van der Waals surface area contributed by atoms with Gasteiger partial charge in [-0.2, -0.15) is 11.8 Å². The van der Waals surface area contributed by atoms with E-state index in [4.69, 9.17) is 4.98 Å². The van der Waals surface area contributed by atoms with Crippen LogP contribution in [0.25, 0.3) is 0 Å². The molecule has 1 aliphatic rings. The summed E-state index contributed by atoms with van der Waals surface area (Å²) in [4.78, 5) is 19.6. The van der Waals surface area contributed by atoms with E-state index in [0.717, 1.165) is 36.5 Å². The molecule has 5 heteroatoms. The van der Waals surface area contributed by atoms with Crippen molar-refractivity contribution in [3.63, 3.8) is 0 Å². The van der Waals surface area contributed by atoms with E-state index in [2.05, 4.69) is 34.8 Å². The van der Waals surface area contributed by atoms with Crippen molar-refractivity contribution < 1.29 is 0 Å². The lowest BCUT2D eigenvalue weighted by atomic mass is 10.0. The fraction of sp³-hybridized carbons (Fsp3) is 0.714. The van der Waals surface area contributed by atoms with Crippen molar-refractivity contribution in [2.24, 2.45) is 0 Å². The van der Waals surface area contributed by atoms with E-state index >= 15 is 0 Å². The van der Waals surface area contributed by atoms with Gasteiger partial charge in [0, 0.05) is 11.2 Å². The zero-order chi connectivity index (χ0) is 13.8. The molecule has 1 atom stereocenters. The molecule has 1 N–H and O–H groups in total. The largest absolute Gasteiger partial charge is 0.309 e. The van der Waals surface area contributed by atoms with Crippen LogP contribution in [-0.2, 0) is 5.75 Å². The van der Waals surface area contributed by atoms with Crippen LogP contribution in [-0.4, -0.2) is 15.2 Å². The zero-order valence-electron chi connectivity index (χ0n) is 11.5. The van der Waals surface area contributed by atoms with E-state index in [1.165, 1.54) is 12.8 Å². The molecule has 1 saturated carbocycles. The monoisotopic (exact) mass is 344 g/mol. The van der Waals surface area contributed by atoms with Gasteiger partial charge in [-0.3, -0.25) is 4.79 Å². The van der Waals surface area contributed by atoms with Gasteiger partial charge < -0.3 is 4.98 Å². The summed E-state index contributed by atoms with van der Waals surface area (Å²) in [6, 6.07) is 0. The molecule has 0 aliphatic heterocycles. The van der Waals surface area contributed by atoms with E-state index < -0.39 is 0 Å². The van der Waals surface area contributed by atoms with Gasteiger partial charge in [-0.15, -0.1) is 0 Å². The van der Waals surface area contributed by atoms with Gasteiger partial charge >= 0.3 is 0 Å². The highest BCUT2D eigenvalue weighted by molar-refractivity contribution is 9.10. The predicted molar refractivity (Wildman–Crippen MR) is 84.8 cm³/mol. The lowest BCUT2D eigenvalue weighted by Crippen LogP contribution is -2.17. The topological polar surface area (TPSA) is 45.8 Å². The number of H-pyrrole nitrogens is 1. The van der Waals surface area contributed by atoms with Crippen LogP contribution in [0.5, 0.6) is 0 Å². The molecular weight excluding hydrogens is 324 g/mol. The van der Waals surface area contributed by atoms with E-state index in [1.807, 2.05) is 11.8 Å².